The molecule has 9 heteroatoms. The fraction of sp³-hybridized carbons (Fsp3) is 0.375. The van der Waals surface area contributed by atoms with E-state index in [4.69, 9.17) is 23.2 Å². The van der Waals surface area contributed by atoms with Gasteiger partial charge in [-0.3, -0.25) is 9.59 Å². The average Bonchev–Trinajstić information content (AvgIpc) is 2.86. The van der Waals surface area contributed by atoms with Crippen LogP contribution in [-0.2, 0) is 12.8 Å². The van der Waals surface area contributed by atoms with Crippen LogP contribution in [0.5, 0.6) is 0 Å². The second-order valence-electron chi connectivity index (χ2n) is 5.87. The zero-order chi connectivity index (χ0) is 18.1. The molecular formula is C16H16Cl2N4O2S. The molecule has 2 aromatic heterocycles. The number of nitrogens with zero attached hydrogens (tertiary/aromatic N) is 4. The Bertz CT molecular complexity index is 812. The first-order chi connectivity index (χ1) is 11.9. The number of hydrogen-bond donors (Lipinski definition) is 0. The minimum absolute atomic E-state index is 0.0926. The van der Waals surface area contributed by atoms with E-state index in [1.54, 1.807) is 19.0 Å². The van der Waals surface area contributed by atoms with Gasteiger partial charge in [0.1, 0.15) is 5.15 Å². The SMILES string of the molecule is CN(C)C(=O)c1nc2c(s1)CCN(C(=O)c1cnc(Cl)cc1Cl)CC2. The van der Waals surface area contributed by atoms with E-state index in [0.717, 1.165) is 10.6 Å². The summed E-state index contributed by atoms with van der Waals surface area (Å²) < 4.78 is 0. The van der Waals surface area contributed by atoms with Crippen LogP contribution in [0.1, 0.15) is 30.7 Å². The summed E-state index contributed by atoms with van der Waals surface area (Å²) in [5.41, 5.74) is 1.23. The first kappa shape index (κ1) is 18.1. The summed E-state index contributed by atoms with van der Waals surface area (Å²) in [5.74, 6) is -0.265. The molecule has 0 saturated carbocycles. The molecule has 3 heterocycles. The highest BCUT2D eigenvalue weighted by Gasteiger charge is 2.25. The van der Waals surface area contributed by atoms with Gasteiger partial charge in [0, 0.05) is 51.1 Å². The summed E-state index contributed by atoms with van der Waals surface area (Å²) in [5, 5.41) is 1.04. The molecule has 0 aliphatic carbocycles. The zero-order valence-electron chi connectivity index (χ0n) is 13.8. The van der Waals surface area contributed by atoms with E-state index in [2.05, 4.69) is 9.97 Å². The number of aromatic nitrogens is 2. The summed E-state index contributed by atoms with van der Waals surface area (Å²) in [6.45, 7) is 1.06. The summed E-state index contributed by atoms with van der Waals surface area (Å²) in [6.07, 6.45) is 2.68. The van der Waals surface area contributed by atoms with Crippen molar-refractivity contribution in [1.29, 1.82) is 0 Å². The van der Waals surface area contributed by atoms with E-state index in [1.165, 1.54) is 28.5 Å². The maximum atomic E-state index is 12.7. The number of carbonyl (C=O) groups is 2. The van der Waals surface area contributed by atoms with Crippen molar-refractivity contribution in [2.24, 2.45) is 0 Å². The van der Waals surface area contributed by atoms with E-state index in [0.29, 0.717) is 41.5 Å². The van der Waals surface area contributed by atoms with Crippen molar-refractivity contribution in [2.45, 2.75) is 12.8 Å². The van der Waals surface area contributed by atoms with Crippen molar-refractivity contribution in [3.05, 3.63) is 43.6 Å². The second-order valence-corrected chi connectivity index (χ2v) is 7.75. The Kier molecular flexibility index (Phi) is 5.27. The monoisotopic (exact) mass is 398 g/mol. The third-order valence-corrected chi connectivity index (χ3v) is 5.60. The number of rotatable bonds is 2. The van der Waals surface area contributed by atoms with E-state index >= 15 is 0 Å². The van der Waals surface area contributed by atoms with Gasteiger partial charge in [-0.15, -0.1) is 11.3 Å². The fourth-order valence-corrected chi connectivity index (χ4v) is 4.15. The number of carbonyl (C=O) groups excluding carboxylic acids is 2. The third-order valence-electron chi connectivity index (χ3n) is 3.93. The van der Waals surface area contributed by atoms with Crippen LogP contribution in [0.3, 0.4) is 0 Å². The third kappa shape index (κ3) is 3.78. The molecule has 0 radical (unpaired) electrons. The molecule has 0 N–H and O–H groups in total. The normalized spacial score (nSPS) is 14.0. The van der Waals surface area contributed by atoms with Gasteiger partial charge in [0.25, 0.3) is 11.8 Å². The Hall–Kier alpha value is -1.70. The highest BCUT2D eigenvalue weighted by Crippen LogP contribution is 2.26. The van der Waals surface area contributed by atoms with Crippen molar-refractivity contribution < 1.29 is 9.59 Å². The van der Waals surface area contributed by atoms with E-state index in [9.17, 15) is 9.59 Å². The lowest BCUT2D eigenvalue weighted by Gasteiger charge is -2.20. The Morgan fingerprint density at radius 2 is 1.96 bits per heavy atom. The summed E-state index contributed by atoms with van der Waals surface area (Å²) in [4.78, 5) is 37.5. The maximum absolute atomic E-state index is 12.7. The van der Waals surface area contributed by atoms with Crippen LogP contribution >= 0.6 is 34.5 Å². The highest BCUT2D eigenvalue weighted by molar-refractivity contribution is 7.13. The van der Waals surface area contributed by atoms with E-state index < -0.39 is 0 Å². The van der Waals surface area contributed by atoms with Crippen LogP contribution < -0.4 is 0 Å². The first-order valence-electron chi connectivity index (χ1n) is 7.67. The molecule has 0 unspecified atom stereocenters. The minimum atomic E-state index is -0.172. The molecule has 3 rings (SSSR count). The lowest BCUT2D eigenvalue weighted by Crippen LogP contribution is -2.33. The van der Waals surface area contributed by atoms with Gasteiger partial charge in [-0.1, -0.05) is 23.2 Å². The number of hydrogen-bond acceptors (Lipinski definition) is 5. The van der Waals surface area contributed by atoms with Crippen molar-refractivity contribution >= 4 is 46.4 Å². The zero-order valence-corrected chi connectivity index (χ0v) is 16.1. The molecule has 0 aromatic carbocycles. The van der Waals surface area contributed by atoms with Gasteiger partial charge in [-0.25, -0.2) is 9.97 Å². The van der Waals surface area contributed by atoms with Crippen LogP contribution in [0.15, 0.2) is 12.3 Å². The molecule has 25 heavy (non-hydrogen) atoms. The van der Waals surface area contributed by atoms with Gasteiger partial charge >= 0.3 is 0 Å². The first-order valence-corrected chi connectivity index (χ1v) is 9.24. The quantitative estimate of drug-likeness (QED) is 0.729. The molecule has 0 bridgehead atoms. The molecular weight excluding hydrogens is 383 g/mol. The molecule has 6 nitrogen and oxygen atoms in total. The Morgan fingerprint density at radius 3 is 2.64 bits per heavy atom. The number of halogens is 2. The molecule has 0 spiro atoms. The number of pyridine rings is 1. The minimum Gasteiger partial charge on any atom is -0.343 e. The molecule has 132 valence electrons. The largest absolute Gasteiger partial charge is 0.343 e. The average molecular weight is 399 g/mol. The second kappa shape index (κ2) is 7.27. The van der Waals surface area contributed by atoms with Crippen molar-refractivity contribution in [1.82, 2.24) is 19.8 Å². The Balaban J connectivity index is 1.75. The van der Waals surface area contributed by atoms with Crippen LogP contribution in [0, 0.1) is 0 Å². The Morgan fingerprint density at radius 1 is 1.24 bits per heavy atom. The van der Waals surface area contributed by atoms with Gasteiger partial charge in [0.15, 0.2) is 5.01 Å². The van der Waals surface area contributed by atoms with Crippen molar-refractivity contribution in [3.63, 3.8) is 0 Å². The molecule has 0 fully saturated rings. The number of fused-ring (bicyclic) bond motifs is 1. The molecule has 1 aliphatic rings. The van der Waals surface area contributed by atoms with Gasteiger partial charge in [0.05, 0.1) is 16.3 Å². The summed E-state index contributed by atoms with van der Waals surface area (Å²) in [6, 6.07) is 1.46. The molecule has 0 saturated heterocycles. The van der Waals surface area contributed by atoms with Crippen LogP contribution in [0.4, 0.5) is 0 Å². The fourth-order valence-electron chi connectivity index (χ4n) is 2.58. The lowest BCUT2D eigenvalue weighted by atomic mass is 10.2. The highest BCUT2D eigenvalue weighted by atomic mass is 35.5. The Labute approximate surface area is 159 Å². The summed E-state index contributed by atoms with van der Waals surface area (Å²) >= 11 is 13.3. The topological polar surface area (TPSA) is 66.4 Å². The van der Waals surface area contributed by atoms with Crippen molar-refractivity contribution in [3.8, 4) is 0 Å². The predicted octanol–water partition coefficient (Wildman–Crippen LogP) is 2.79. The lowest BCUT2D eigenvalue weighted by molar-refractivity contribution is 0.0761. The molecule has 1 aliphatic heterocycles. The molecule has 0 atom stereocenters. The van der Waals surface area contributed by atoms with Gasteiger partial charge in [-0.2, -0.15) is 0 Å². The van der Waals surface area contributed by atoms with E-state index in [-0.39, 0.29) is 17.0 Å². The number of thiazole rings is 1. The molecule has 2 amide bonds. The number of amides is 2. The predicted molar refractivity (Wildman–Crippen MR) is 97.7 cm³/mol. The van der Waals surface area contributed by atoms with E-state index in [1.807, 2.05) is 0 Å². The van der Waals surface area contributed by atoms with Gasteiger partial charge in [0.2, 0.25) is 0 Å². The molecule has 2 aromatic rings. The maximum Gasteiger partial charge on any atom is 0.282 e. The smallest absolute Gasteiger partial charge is 0.282 e. The summed E-state index contributed by atoms with van der Waals surface area (Å²) in [7, 11) is 3.42. The van der Waals surface area contributed by atoms with Gasteiger partial charge in [-0.05, 0) is 6.07 Å². The van der Waals surface area contributed by atoms with Gasteiger partial charge < -0.3 is 9.80 Å². The van der Waals surface area contributed by atoms with Crippen LogP contribution in [-0.4, -0.2) is 58.8 Å². The van der Waals surface area contributed by atoms with Crippen LogP contribution in [0.2, 0.25) is 10.2 Å². The standard InChI is InChI=1S/C16H16Cl2N4O2S/c1-21(2)16(24)14-20-11-3-5-22(6-4-12(11)25-14)15(23)9-8-19-13(18)7-10(9)17/h7-8H,3-6H2,1-2H3. The van der Waals surface area contributed by atoms with Crippen molar-refractivity contribution in [2.75, 3.05) is 27.2 Å². The van der Waals surface area contributed by atoms with Crippen LogP contribution in [0.25, 0.3) is 0 Å².